The van der Waals surface area contributed by atoms with Crippen LogP contribution in [0.25, 0.3) is 10.8 Å². The SMILES string of the molecule is O=C(O)C(F)(F)F.OC1(c2cccc3ccccc23)CN(Cc2nc3c([nH]2)CCCC3)C1. The van der Waals surface area contributed by atoms with Gasteiger partial charge in [0.1, 0.15) is 11.4 Å². The van der Waals surface area contributed by atoms with Crippen molar-refractivity contribution in [3.63, 3.8) is 0 Å². The number of carboxylic acids is 1. The van der Waals surface area contributed by atoms with Gasteiger partial charge in [-0.2, -0.15) is 13.2 Å². The molecule has 2 aromatic carbocycles. The first-order chi connectivity index (χ1) is 15.2. The van der Waals surface area contributed by atoms with E-state index in [1.54, 1.807) is 0 Å². The number of carboxylic acid groups (broad SMARTS) is 1. The highest BCUT2D eigenvalue weighted by molar-refractivity contribution is 5.86. The molecule has 1 aliphatic heterocycles. The average molecular weight is 447 g/mol. The monoisotopic (exact) mass is 447 g/mol. The fourth-order valence-electron chi connectivity index (χ4n) is 4.41. The summed E-state index contributed by atoms with van der Waals surface area (Å²) in [5.41, 5.74) is 2.87. The van der Waals surface area contributed by atoms with Crippen LogP contribution in [0.15, 0.2) is 42.5 Å². The first kappa shape index (κ1) is 22.3. The van der Waals surface area contributed by atoms with Gasteiger partial charge in [-0.3, -0.25) is 4.90 Å². The number of β-amino-alcohol motifs (C(OH)–C–C–N with tert-alkyl or cyclic N) is 1. The number of carbonyl (C=O) groups is 1. The Morgan fingerprint density at radius 2 is 1.75 bits per heavy atom. The quantitative estimate of drug-likeness (QED) is 0.569. The molecule has 1 saturated heterocycles. The molecule has 170 valence electrons. The number of aliphatic carboxylic acids is 1. The number of nitrogens with one attached hydrogen (secondary N) is 1. The van der Waals surface area contributed by atoms with Gasteiger partial charge in [0.15, 0.2) is 0 Å². The highest BCUT2D eigenvalue weighted by atomic mass is 19.4. The number of aromatic nitrogens is 2. The van der Waals surface area contributed by atoms with Gasteiger partial charge in [-0.1, -0.05) is 42.5 Å². The molecule has 9 heteroatoms. The molecule has 3 N–H and O–H groups in total. The van der Waals surface area contributed by atoms with Crippen LogP contribution >= 0.6 is 0 Å². The third-order valence-corrected chi connectivity index (χ3v) is 5.88. The predicted octanol–water partition coefficient (Wildman–Crippen LogP) is 3.78. The predicted molar refractivity (Wildman–Crippen MR) is 112 cm³/mol. The number of halogens is 3. The van der Waals surface area contributed by atoms with Gasteiger partial charge in [0.2, 0.25) is 0 Å². The lowest BCUT2D eigenvalue weighted by molar-refractivity contribution is -0.192. The number of H-pyrrole nitrogens is 1. The van der Waals surface area contributed by atoms with Crippen LogP contribution < -0.4 is 0 Å². The number of aliphatic hydroxyl groups is 1. The van der Waals surface area contributed by atoms with Crippen molar-refractivity contribution in [2.45, 2.75) is 44.0 Å². The van der Waals surface area contributed by atoms with Crippen LogP contribution in [0.1, 0.15) is 35.6 Å². The lowest BCUT2D eigenvalue weighted by atomic mass is 9.83. The molecule has 0 unspecified atom stereocenters. The van der Waals surface area contributed by atoms with E-state index in [2.05, 4.69) is 34.1 Å². The number of alkyl halides is 3. The maximum Gasteiger partial charge on any atom is 0.490 e. The summed E-state index contributed by atoms with van der Waals surface area (Å²) in [6.07, 6.45) is -0.338. The van der Waals surface area contributed by atoms with Gasteiger partial charge in [-0.25, -0.2) is 9.78 Å². The maximum absolute atomic E-state index is 11.1. The highest BCUT2D eigenvalue weighted by Crippen LogP contribution is 2.36. The summed E-state index contributed by atoms with van der Waals surface area (Å²) in [7, 11) is 0. The van der Waals surface area contributed by atoms with Crippen molar-refractivity contribution in [1.29, 1.82) is 0 Å². The molecule has 1 aromatic heterocycles. The molecular weight excluding hydrogens is 423 g/mol. The Labute approximate surface area is 182 Å². The molecule has 2 aliphatic rings. The number of likely N-dealkylation sites (tertiary alicyclic amines) is 1. The summed E-state index contributed by atoms with van der Waals surface area (Å²) in [4.78, 5) is 19.4. The standard InChI is InChI=1S/C21H23N3O.C2HF3O2/c25-21(17-9-5-7-15-6-1-2-8-16(15)17)13-24(14-21)12-20-22-18-10-3-4-11-19(18)23-20;3-2(4,5)1(6)7/h1-2,5-9,25H,3-4,10-14H2,(H,22,23);(H,6,7). The van der Waals surface area contributed by atoms with Crippen molar-refractivity contribution < 1.29 is 28.2 Å². The Morgan fingerprint density at radius 3 is 2.44 bits per heavy atom. The van der Waals surface area contributed by atoms with Gasteiger partial charge >= 0.3 is 12.1 Å². The first-order valence-corrected chi connectivity index (χ1v) is 10.5. The Kier molecular flexibility index (Phi) is 5.96. The number of hydrogen-bond donors (Lipinski definition) is 3. The molecule has 1 fully saturated rings. The van der Waals surface area contributed by atoms with E-state index >= 15 is 0 Å². The second-order valence-corrected chi connectivity index (χ2v) is 8.32. The first-order valence-electron chi connectivity index (χ1n) is 10.5. The topological polar surface area (TPSA) is 89.4 Å². The summed E-state index contributed by atoms with van der Waals surface area (Å²) >= 11 is 0. The number of aryl methyl sites for hydroxylation is 2. The minimum atomic E-state index is -5.08. The molecule has 2 heterocycles. The molecule has 0 amide bonds. The highest BCUT2D eigenvalue weighted by Gasteiger charge is 2.43. The zero-order valence-corrected chi connectivity index (χ0v) is 17.3. The summed E-state index contributed by atoms with van der Waals surface area (Å²) < 4.78 is 31.7. The van der Waals surface area contributed by atoms with Gasteiger partial charge in [0.05, 0.1) is 12.2 Å². The van der Waals surface area contributed by atoms with Crippen LogP contribution in [0.4, 0.5) is 13.2 Å². The normalized spacial score (nSPS) is 17.8. The molecule has 0 spiro atoms. The van der Waals surface area contributed by atoms with Crippen LogP contribution in [0.5, 0.6) is 0 Å². The fourth-order valence-corrected chi connectivity index (χ4v) is 4.41. The maximum atomic E-state index is 11.1. The zero-order valence-electron chi connectivity index (χ0n) is 17.3. The van der Waals surface area contributed by atoms with E-state index in [0.29, 0.717) is 13.1 Å². The smallest absolute Gasteiger partial charge is 0.475 e. The molecule has 0 bridgehead atoms. The van der Waals surface area contributed by atoms with Crippen molar-refractivity contribution >= 4 is 16.7 Å². The third kappa shape index (κ3) is 4.63. The summed E-state index contributed by atoms with van der Waals surface area (Å²) in [5.74, 6) is -1.71. The van der Waals surface area contributed by atoms with E-state index in [-0.39, 0.29) is 0 Å². The van der Waals surface area contributed by atoms with E-state index in [1.165, 1.54) is 29.6 Å². The van der Waals surface area contributed by atoms with E-state index in [0.717, 1.165) is 36.2 Å². The number of hydrogen-bond acceptors (Lipinski definition) is 4. The lowest BCUT2D eigenvalue weighted by Crippen LogP contribution is -2.58. The number of aromatic amines is 1. The van der Waals surface area contributed by atoms with Crippen LogP contribution in [0.3, 0.4) is 0 Å². The molecule has 0 atom stereocenters. The molecule has 5 rings (SSSR count). The molecule has 0 radical (unpaired) electrons. The van der Waals surface area contributed by atoms with Crippen LogP contribution in [0, 0.1) is 0 Å². The largest absolute Gasteiger partial charge is 0.490 e. The molecule has 1 aliphatic carbocycles. The van der Waals surface area contributed by atoms with Crippen LogP contribution in [-0.2, 0) is 29.8 Å². The third-order valence-electron chi connectivity index (χ3n) is 5.88. The van der Waals surface area contributed by atoms with Crippen molar-refractivity contribution in [3.05, 3.63) is 65.2 Å². The average Bonchev–Trinajstić information content (AvgIpc) is 3.14. The second-order valence-electron chi connectivity index (χ2n) is 8.32. The lowest BCUT2D eigenvalue weighted by Gasteiger charge is -2.47. The van der Waals surface area contributed by atoms with Crippen molar-refractivity contribution in [3.8, 4) is 0 Å². The van der Waals surface area contributed by atoms with Gasteiger partial charge in [-0.15, -0.1) is 0 Å². The minimum Gasteiger partial charge on any atom is -0.475 e. The van der Waals surface area contributed by atoms with Crippen LogP contribution in [-0.4, -0.2) is 50.3 Å². The number of rotatable bonds is 3. The van der Waals surface area contributed by atoms with Gasteiger partial charge in [-0.05, 0) is 42.0 Å². The number of fused-ring (bicyclic) bond motifs is 2. The zero-order chi connectivity index (χ0) is 22.9. The molecule has 3 aromatic rings. The molecule has 0 saturated carbocycles. The van der Waals surface area contributed by atoms with Gasteiger partial charge in [0.25, 0.3) is 0 Å². The second kappa shape index (κ2) is 8.55. The molecule has 6 nitrogen and oxygen atoms in total. The summed E-state index contributed by atoms with van der Waals surface area (Å²) in [6, 6.07) is 14.5. The van der Waals surface area contributed by atoms with Crippen molar-refractivity contribution in [2.24, 2.45) is 0 Å². The Bertz CT molecular complexity index is 1090. The van der Waals surface area contributed by atoms with Crippen LogP contribution in [0.2, 0.25) is 0 Å². The molecular formula is C23H24F3N3O3. The van der Waals surface area contributed by atoms with Crippen molar-refractivity contribution in [2.75, 3.05) is 13.1 Å². The Balaban J connectivity index is 0.000000307. The van der Waals surface area contributed by atoms with Gasteiger partial charge in [0, 0.05) is 18.8 Å². The fraction of sp³-hybridized carbons (Fsp3) is 0.391. The number of benzene rings is 2. The van der Waals surface area contributed by atoms with E-state index in [1.807, 2.05) is 18.2 Å². The van der Waals surface area contributed by atoms with E-state index in [4.69, 9.17) is 14.9 Å². The Hall–Kier alpha value is -2.91. The number of imidazole rings is 1. The summed E-state index contributed by atoms with van der Waals surface area (Å²) in [6.45, 7) is 2.11. The number of nitrogens with zero attached hydrogens (tertiary/aromatic N) is 2. The van der Waals surface area contributed by atoms with E-state index in [9.17, 15) is 18.3 Å². The van der Waals surface area contributed by atoms with Crippen molar-refractivity contribution in [1.82, 2.24) is 14.9 Å². The minimum absolute atomic E-state index is 0.659. The molecule has 32 heavy (non-hydrogen) atoms. The van der Waals surface area contributed by atoms with Gasteiger partial charge < -0.3 is 15.2 Å². The Morgan fingerprint density at radius 1 is 1.09 bits per heavy atom. The summed E-state index contributed by atoms with van der Waals surface area (Å²) in [5, 5.41) is 20.6. The van der Waals surface area contributed by atoms with E-state index < -0.39 is 17.7 Å².